The van der Waals surface area contributed by atoms with Gasteiger partial charge in [-0.15, -0.1) is 0 Å². The van der Waals surface area contributed by atoms with Gasteiger partial charge in [0.1, 0.15) is 12.4 Å². The van der Waals surface area contributed by atoms with Gasteiger partial charge in [0.25, 0.3) is 0 Å². The second-order valence-corrected chi connectivity index (χ2v) is 7.55. The average Bonchev–Trinajstić information content (AvgIpc) is 3.14. The van der Waals surface area contributed by atoms with Crippen molar-refractivity contribution in [1.29, 1.82) is 0 Å². The molecule has 0 atom stereocenters. The maximum absolute atomic E-state index is 12.5. The van der Waals surface area contributed by atoms with E-state index in [0.717, 1.165) is 16.8 Å². The fourth-order valence-corrected chi connectivity index (χ4v) is 3.51. The Labute approximate surface area is 174 Å². The standard InChI is InChI=1S/C22H21ClN4O2/c1-15-5-7-16(8-6-15)13-24-20(28)14-26-21-12-19(17-3-2-4-18(23)11-17)25-27(21)10-9-22(26)29/h2-8,11-12H,9-10,13-14H2,1H3,(H,24,28). The Morgan fingerprint density at radius 1 is 1.17 bits per heavy atom. The van der Waals surface area contributed by atoms with Crippen LogP contribution in [0.15, 0.2) is 54.6 Å². The van der Waals surface area contributed by atoms with Crippen LogP contribution in [0.2, 0.25) is 5.02 Å². The number of benzene rings is 2. The lowest BCUT2D eigenvalue weighted by Crippen LogP contribution is -2.44. The zero-order valence-electron chi connectivity index (χ0n) is 16.1. The van der Waals surface area contributed by atoms with E-state index in [0.29, 0.717) is 30.4 Å². The summed E-state index contributed by atoms with van der Waals surface area (Å²) in [6.45, 7) is 2.90. The predicted octanol–water partition coefficient (Wildman–Crippen LogP) is 3.57. The molecule has 0 saturated heterocycles. The summed E-state index contributed by atoms with van der Waals surface area (Å²) in [5, 5.41) is 8.09. The van der Waals surface area contributed by atoms with Gasteiger partial charge in [-0.3, -0.25) is 14.5 Å². The molecule has 0 unspecified atom stereocenters. The fourth-order valence-electron chi connectivity index (χ4n) is 3.32. The summed E-state index contributed by atoms with van der Waals surface area (Å²) >= 11 is 6.08. The quantitative estimate of drug-likeness (QED) is 0.701. The second-order valence-electron chi connectivity index (χ2n) is 7.11. The Kier molecular flexibility index (Phi) is 5.36. The van der Waals surface area contributed by atoms with E-state index in [2.05, 4.69) is 10.4 Å². The van der Waals surface area contributed by atoms with Gasteiger partial charge >= 0.3 is 0 Å². The first-order valence-corrected chi connectivity index (χ1v) is 9.84. The number of amides is 2. The maximum Gasteiger partial charge on any atom is 0.240 e. The molecule has 0 aliphatic carbocycles. The van der Waals surface area contributed by atoms with Gasteiger partial charge in [0.05, 0.1) is 12.2 Å². The third-order valence-corrected chi connectivity index (χ3v) is 5.14. The van der Waals surface area contributed by atoms with Crippen LogP contribution in [-0.4, -0.2) is 28.1 Å². The van der Waals surface area contributed by atoms with Crippen molar-refractivity contribution < 1.29 is 9.59 Å². The van der Waals surface area contributed by atoms with E-state index >= 15 is 0 Å². The number of rotatable bonds is 5. The van der Waals surface area contributed by atoms with Gasteiger partial charge in [-0.2, -0.15) is 5.10 Å². The molecule has 0 fully saturated rings. The zero-order valence-corrected chi connectivity index (χ0v) is 16.8. The van der Waals surface area contributed by atoms with E-state index in [-0.39, 0.29) is 18.4 Å². The molecule has 1 aliphatic heterocycles. The van der Waals surface area contributed by atoms with E-state index in [1.165, 1.54) is 10.5 Å². The third-order valence-electron chi connectivity index (χ3n) is 4.91. The molecule has 2 amide bonds. The Hall–Kier alpha value is -3.12. The summed E-state index contributed by atoms with van der Waals surface area (Å²) in [5.41, 5.74) is 3.78. The van der Waals surface area contributed by atoms with E-state index in [4.69, 9.17) is 11.6 Å². The highest BCUT2D eigenvalue weighted by Crippen LogP contribution is 2.29. The smallest absolute Gasteiger partial charge is 0.240 e. The number of halogens is 1. The van der Waals surface area contributed by atoms with E-state index in [1.54, 1.807) is 10.7 Å². The Balaban J connectivity index is 1.49. The minimum atomic E-state index is -0.210. The predicted molar refractivity (Wildman–Crippen MR) is 113 cm³/mol. The number of hydrogen-bond acceptors (Lipinski definition) is 3. The molecule has 29 heavy (non-hydrogen) atoms. The van der Waals surface area contributed by atoms with Gasteiger partial charge in [0.15, 0.2) is 0 Å². The molecular weight excluding hydrogens is 388 g/mol. The highest BCUT2D eigenvalue weighted by Gasteiger charge is 2.28. The van der Waals surface area contributed by atoms with Crippen molar-refractivity contribution in [3.63, 3.8) is 0 Å². The molecule has 4 rings (SSSR count). The largest absolute Gasteiger partial charge is 0.350 e. The molecule has 148 valence electrons. The third kappa shape index (κ3) is 4.32. The Morgan fingerprint density at radius 3 is 2.72 bits per heavy atom. The summed E-state index contributed by atoms with van der Waals surface area (Å²) in [5.74, 6) is 0.333. The first-order valence-electron chi connectivity index (χ1n) is 9.46. The van der Waals surface area contributed by atoms with Crippen molar-refractivity contribution in [2.75, 3.05) is 11.4 Å². The van der Waals surface area contributed by atoms with Crippen LogP contribution in [-0.2, 0) is 22.7 Å². The highest BCUT2D eigenvalue weighted by molar-refractivity contribution is 6.30. The first kappa shape index (κ1) is 19.2. The number of aryl methyl sites for hydroxylation is 2. The van der Waals surface area contributed by atoms with Crippen LogP contribution < -0.4 is 10.2 Å². The summed E-state index contributed by atoms with van der Waals surface area (Å²) < 4.78 is 1.77. The van der Waals surface area contributed by atoms with Crippen molar-refractivity contribution in [2.24, 2.45) is 0 Å². The van der Waals surface area contributed by atoms with Crippen molar-refractivity contribution >= 4 is 29.2 Å². The van der Waals surface area contributed by atoms with Gasteiger partial charge in [-0.1, -0.05) is 53.6 Å². The number of nitrogens with one attached hydrogen (secondary N) is 1. The minimum absolute atomic E-state index is 0.0363. The molecule has 7 heteroatoms. The number of carbonyl (C=O) groups is 2. The Morgan fingerprint density at radius 2 is 1.97 bits per heavy atom. The van der Waals surface area contributed by atoms with Crippen LogP contribution in [0.3, 0.4) is 0 Å². The minimum Gasteiger partial charge on any atom is -0.350 e. The molecule has 1 aromatic heterocycles. The van der Waals surface area contributed by atoms with Crippen LogP contribution >= 0.6 is 11.6 Å². The van der Waals surface area contributed by atoms with Gasteiger partial charge < -0.3 is 5.32 Å². The van der Waals surface area contributed by atoms with Gasteiger partial charge in [-0.25, -0.2) is 4.68 Å². The molecule has 3 aromatic rings. The van der Waals surface area contributed by atoms with Crippen molar-refractivity contribution in [3.8, 4) is 11.3 Å². The normalized spacial score (nSPS) is 13.3. The molecule has 0 saturated carbocycles. The van der Waals surface area contributed by atoms with Gasteiger partial charge in [0, 0.05) is 29.6 Å². The van der Waals surface area contributed by atoms with E-state index in [9.17, 15) is 9.59 Å². The van der Waals surface area contributed by atoms with Crippen LogP contribution in [0.4, 0.5) is 5.82 Å². The Bertz CT molecular complexity index is 1060. The number of fused-ring (bicyclic) bond motifs is 1. The van der Waals surface area contributed by atoms with Crippen LogP contribution in [0.5, 0.6) is 0 Å². The van der Waals surface area contributed by atoms with Crippen LogP contribution in [0.25, 0.3) is 11.3 Å². The molecule has 6 nitrogen and oxygen atoms in total. The van der Waals surface area contributed by atoms with Crippen LogP contribution in [0.1, 0.15) is 17.5 Å². The number of aromatic nitrogens is 2. The SMILES string of the molecule is Cc1ccc(CNC(=O)CN2C(=O)CCn3nc(-c4cccc(Cl)c4)cc32)cc1. The van der Waals surface area contributed by atoms with Crippen LogP contribution in [0, 0.1) is 6.92 Å². The average molecular weight is 409 g/mol. The molecular formula is C22H21ClN4O2. The maximum atomic E-state index is 12.5. The lowest BCUT2D eigenvalue weighted by Gasteiger charge is -2.26. The summed E-state index contributed by atoms with van der Waals surface area (Å²) in [6.07, 6.45) is 0.314. The van der Waals surface area contributed by atoms with E-state index in [1.807, 2.05) is 55.5 Å². The highest BCUT2D eigenvalue weighted by atomic mass is 35.5. The molecule has 1 N–H and O–H groups in total. The van der Waals surface area contributed by atoms with Crippen molar-refractivity contribution in [2.45, 2.75) is 26.4 Å². The molecule has 0 bridgehead atoms. The molecule has 1 aliphatic rings. The summed E-state index contributed by atoms with van der Waals surface area (Å²) in [7, 11) is 0. The van der Waals surface area contributed by atoms with Gasteiger partial charge in [0.2, 0.25) is 11.8 Å². The topological polar surface area (TPSA) is 67.2 Å². The second kappa shape index (κ2) is 8.09. The zero-order chi connectivity index (χ0) is 20.4. The number of anilines is 1. The molecule has 0 radical (unpaired) electrons. The first-order chi connectivity index (χ1) is 14.0. The molecule has 2 aromatic carbocycles. The lowest BCUT2D eigenvalue weighted by molar-refractivity contribution is -0.124. The number of carbonyl (C=O) groups excluding carboxylic acids is 2. The van der Waals surface area contributed by atoms with Gasteiger partial charge in [-0.05, 0) is 24.6 Å². The van der Waals surface area contributed by atoms with E-state index < -0.39 is 0 Å². The monoisotopic (exact) mass is 408 g/mol. The fraction of sp³-hybridized carbons (Fsp3) is 0.227. The number of hydrogen-bond donors (Lipinski definition) is 1. The molecule has 2 heterocycles. The van der Waals surface area contributed by atoms with Crippen molar-refractivity contribution in [1.82, 2.24) is 15.1 Å². The summed E-state index contributed by atoms with van der Waals surface area (Å²) in [6, 6.07) is 17.2. The van der Waals surface area contributed by atoms with Crippen molar-refractivity contribution in [3.05, 3.63) is 70.7 Å². The summed E-state index contributed by atoms with van der Waals surface area (Å²) in [4.78, 5) is 26.5. The molecule has 0 spiro atoms. The lowest BCUT2D eigenvalue weighted by atomic mass is 10.1. The number of nitrogens with zero attached hydrogens (tertiary/aromatic N) is 3.